The Morgan fingerprint density at radius 2 is 2.00 bits per heavy atom. The van der Waals surface area contributed by atoms with Crippen molar-refractivity contribution in [2.75, 3.05) is 22.8 Å². The Hall–Kier alpha value is -2.60. The molecular weight excluding hydrogens is 492 g/mol. The van der Waals surface area contributed by atoms with Crippen LogP contribution in [0.1, 0.15) is 52.9 Å². The molecule has 4 rings (SSSR count). The zero-order chi connectivity index (χ0) is 25.8. The summed E-state index contributed by atoms with van der Waals surface area (Å²) in [6.45, 7) is 6.45. The summed E-state index contributed by atoms with van der Waals surface area (Å²) < 4.78 is 55.4. The fraction of sp³-hybridized carbons (Fsp3) is 0.565. The van der Waals surface area contributed by atoms with Crippen molar-refractivity contribution in [3.63, 3.8) is 0 Å². The molecule has 0 bridgehead atoms. The minimum atomic E-state index is -4.28. The second-order valence-corrected chi connectivity index (χ2v) is 13.7. The molecule has 1 unspecified atom stereocenters. The first-order chi connectivity index (χ1) is 16.2. The molecule has 1 saturated carbocycles. The minimum absolute atomic E-state index is 0.0571. The monoisotopic (exact) mass is 524 g/mol. The van der Waals surface area contributed by atoms with Gasteiger partial charge < -0.3 is 15.3 Å². The molecule has 1 aliphatic carbocycles. The summed E-state index contributed by atoms with van der Waals surface area (Å²) in [6.07, 6.45) is 5.19. The van der Waals surface area contributed by atoms with Gasteiger partial charge in [0.25, 0.3) is 15.9 Å². The lowest BCUT2D eigenvalue weighted by atomic mass is 9.75. The van der Waals surface area contributed by atoms with E-state index in [1.165, 1.54) is 18.2 Å². The third-order valence-electron chi connectivity index (χ3n) is 6.86. The quantitative estimate of drug-likeness (QED) is 0.496. The van der Waals surface area contributed by atoms with Gasteiger partial charge in [-0.25, -0.2) is 8.42 Å². The first kappa shape index (κ1) is 25.5. The van der Waals surface area contributed by atoms with E-state index in [0.29, 0.717) is 18.9 Å². The second kappa shape index (κ2) is 8.81. The molecule has 10 nitrogen and oxygen atoms in total. The van der Waals surface area contributed by atoms with E-state index in [0.717, 1.165) is 31.9 Å². The van der Waals surface area contributed by atoms with Gasteiger partial charge in [-0.2, -0.15) is 8.42 Å². The molecule has 1 aromatic rings. The highest BCUT2D eigenvalue weighted by molar-refractivity contribution is 7.92. The maximum atomic E-state index is 13.5. The number of amidine groups is 1. The van der Waals surface area contributed by atoms with Crippen LogP contribution in [0.5, 0.6) is 0 Å². The highest BCUT2D eigenvalue weighted by atomic mass is 32.2. The molecule has 1 atom stereocenters. The molecule has 0 saturated heterocycles. The highest BCUT2D eigenvalue weighted by Crippen LogP contribution is 2.43. The van der Waals surface area contributed by atoms with Gasteiger partial charge in [-0.05, 0) is 56.2 Å². The van der Waals surface area contributed by atoms with Gasteiger partial charge >= 0.3 is 0 Å². The number of hydrogen-bond donors (Lipinski definition) is 3. The number of carbonyl (C=O) groups is 1. The van der Waals surface area contributed by atoms with Crippen LogP contribution < -0.4 is 10.0 Å². The Morgan fingerprint density at radius 1 is 1.31 bits per heavy atom. The van der Waals surface area contributed by atoms with E-state index < -0.39 is 31.4 Å². The van der Waals surface area contributed by atoms with Crippen molar-refractivity contribution < 1.29 is 26.7 Å². The molecule has 3 aliphatic rings. The van der Waals surface area contributed by atoms with Crippen LogP contribution in [-0.2, 0) is 24.8 Å². The number of nitrogens with one attached hydrogen (secondary N) is 2. The zero-order valence-corrected chi connectivity index (χ0v) is 22.0. The minimum Gasteiger partial charge on any atom is -0.511 e. The number of fused-ring (bicyclic) bond motifs is 1. The molecule has 12 heteroatoms. The van der Waals surface area contributed by atoms with E-state index in [4.69, 9.17) is 0 Å². The van der Waals surface area contributed by atoms with Crippen LogP contribution in [0.25, 0.3) is 0 Å². The Labute approximate surface area is 206 Å². The van der Waals surface area contributed by atoms with Gasteiger partial charge in [0.05, 0.1) is 11.9 Å². The predicted octanol–water partition coefficient (Wildman–Crippen LogP) is 3.22. The summed E-state index contributed by atoms with van der Waals surface area (Å²) in [5.74, 6) is -0.415. The van der Waals surface area contributed by atoms with Crippen LogP contribution >= 0.6 is 0 Å². The number of aliphatic hydroxyl groups is 1. The van der Waals surface area contributed by atoms with Crippen molar-refractivity contribution in [3.05, 3.63) is 29.5 Å². The normalized spacial score (nSPS) is 24.5. The van der Waals surface area contributed by atoms with E-state index >= 15 is 0 Å². The lowest BCUT2D eigenvalue weighted by Crippen LogP contribution is -2.55. The molecule has 192 valence electrons. The van der Waals surface area contributed by atoms with Crippen molar-refractivity contribution in [1.82, 2.24) is 4.90 Å². The van der Waals surface area contributed by atoms with Crippen molar-refractivity contribution in [2.24, 2.45) is 15.7 Å². The molecule has 0 spiro atoms. The van der Waals surface area contributed by atoms with E-state index in [1.807, 2.05) is 6.92 Å². The Balaban J connectivity index is 1.77. The van der Waals surface area contributed by atoms with Gasteiger partial charge in [-0.15, -0.1) is 4.40 Å². The van der Waals surface area contributed by atoms with Crippen LogP contribution in [0.2, 0.25) is 0 Å². The van der Waals surface area contributed by atoms with Crippen molar-refractivity contribution >= 4 is 43.2 Å². The van der Waals surface area contributed by atoms with Gasteiger partial charge in [-0.3, -0.25) is 9.52 Å². The van der Waals surface area contributed by atoms with Gasteiger partial charge in [0, 0.05) is 23.7 Å². The topological polar surface area (TPSA) is 145 Å². The standard InChI is InChI=1S/C23H32N4O6S2/c1-14(2)10-11-23(3)13-27(16-6-5-7-16)22(29)19(20(23)28)21-24-17-9-8-15(25-34(4,30)31)12-18(17)35(32,33)26-21/h8-9,12,14,16,25,28H,5-7,10-11,13H2,1-4H3,(H,24,26). The Kier molecular flexibility index (Phi) is 6.41. The largest absolute Gasteiger partial charge is 0.511 e. The van der Waals surface area contributed by atoms with Crippen molar-refractivity contribution in [2.45, 2.75) is 63.8 Å². The first-order valence-electron chi connectivity index (χ1n) is 11.7. The maximum Gasteiger partial charge on any atom is 0.286 e. The molecule has 2 aliphatic heterocycles. The number of hydrogen-bond acceptors (Lipinski definition) is 7. The number of nitrogens with zero attached hydrogens (tertiary/aromatic N) is 2. The lowest BCUT2D eigenvalue weighted by molar-refractivity contribution is -0.134. The van der Waals surface area contributed by atoms with Crippen molar-refractivity contribution in [3.8, 4) is 0 Å². The molecule has 35 heavy (non-hydrogen) atoms. The number of sulfonamides is 2. The van der Waals surface area contributed by atoms with Gasteiger partial charge in [-0.1, -0.05) is 20.8 Å². The average Bonchev–Trinajstić information content (AvgIpc) is 2.68. The summed E-state index contributed by atoms with van der Waals surface area (Å²) >= 11 is 0. The number of aliphatic hydroxyl groups excluding tert-OH is 1. The Morgan fingerprint density at radius 3 is 2.57 bits per heavy atom. The average molecular weight is 525 g/mol. The molecule has 3 N–H and O–H groups in total. The molecule has 2 heterocycles. The van der Waals surface area contributed by atoms with E-state index in [9.17, 15) is 26.7 Å². The number of rotatable bonds is 7. The number of carbonyl (C=O) groups excluding carboxylic acids is 1. The number of amides is 1. The highest BCUT2D eigenvalue weighted by Gasteiger charge is 2.47. The summed E-state index contributed by atoms with van der Waals surface area (Å²) in [5, 5.41) is 14.2. The maximum absolute atomic E-state index is 13.5. The van der Waals surface area contributed by atoms with Gasteiger partial charge in [0.15, 0.2) is 5.84 Å². The first-order valence-corrected chi connectivity index (χ1v) is 15.0. The molecule has 0 aromatic heterocycles. The van der Waals surface area contributed by atoms with Crippen LogP contribution in [0.3, 0.4) is 0 Å². The number of benzene rings is 1. The third kappa shape index (κ3) is 5.04. The van der Waals surface area contributed by atoms with Gasteiger partial charge in [0.2, 0.25) is 10.0 Å². The van der Waals surface area contributed by atoms with Crippen LogP contribution in [0, 0.1) is 11.3 Å². The third-order valence-corrected chi connectivity index (χ3v) is 8.78. The van der Waals surface area contributed by atoms with E-state index in [1.54, 1.807) is 4.90 Å². The molecule has 1 aromatic carbocycles. The van der Waals surface area contributed by atoms with Crippen LogP contribution in [-0.4, -0.2) is 57.4 Å². The van der Waals surface area contributed by atoms with Crippen LogP contribution in [0.4, 0.5) is 11.4 Å². The zero-order valence-electron chi connectivity index (χ0n) is 20.3. The SMILES string of the molecule is CC(C)CCC1(C)CN(C2CCC2)C(=O)C(C2=NS(=O)(=O)c3cc(NS(C)(=O)=O)ccc3N2)=C1O. The second-order valence-electron chi connectivity index (χ2n) is 10.4. The summed E-state index contributed by atoms with van der Waals surface area (Å²) in [4.78, 5) is 15.1. The lowest BCUT2D eigenvalue weighted by Gasteiger charge is -2.47. The fourth-order valence-electron chi connectivity index (χ4n) is 4.63. The summed E-state index contributed by atoms with van der Waals surface area (Å²) in [7, 11) is -7.89. The van der Waals surface area contributed by atoms with E-state index in [-0.39, 0.29) is 39.5 Å². The fourth-order valence-corrected chi connectivity index (χ4v) is 6.33. The Bertz CT molecular complexity index is 1330. The summed E-state index contributed by atoms with van der Waals surface area (Å²) in [6, 6.07) is 4.04. The summed E-state index contributed by atoms with van der Waals surface area (Å²) in [5.41, 5.74) is -0.641. The molecular formula is C23H32N4O6S2. The van der Waals surface area contributed by atoms with Gasteiger partial charge in [0.1, 0.15) is 16.2 Å². The molecule has 1 fully saturated rings. The predicted molar refractivity (Wildman–Crippen MR) is 134 cm³/mol. The molecule has 1 amide bonds. The number of anilines is 2. The molecule has 0 radical (unpaired) electrons. The van der Waals surface area contributed by atoms with Crippen LogP contribution in [0.15, 0.2) is 38.8 Å². The van der Waals surface area contributed by atoms with E-state index in [2.05, 4.69) is 28.3 Å². The van der Waals surface area contributed by atoms with Crippen molar-refractivity contribution in [1.29, 1.82) is 0 Å². The smallest absolute Gasteiger partial charge is 0.286 e.